The van der Waals surface area contributed by atoms with Crippen LogP contribution in [0.5, 0.6) is 0 Å². The van der Waals surface area contributed by atoms with Gasteiger partial charge in [-0.3, -0.25) is 14.9 Å². The first-order chi connectivity index (χ1) is 16.5. The van der Waals surface area contributed by atoms with Crippen LogP contribution < -0.4 is 9.80 Å². The number of pyridine rings is 1. The van der Waals surface area contributed by atoms with E-state index in [4.69, 9.17) is 4.98 Å². The first kappa shape index (κ1) is 22.1. The van der Waals surface area contributed by atoms with Crippen molar-refractivity contribution in [3.05, 3.63) is 70.3 Å². The first-order valence-electron chi connectivity index (χ1n) is 11.6. The number of aromatic nitrogens is 1. The highest BCUT2D eigenvalue weighted by molar-refractivity contribution is 5.96. The van der Waals surface area contributed by atoms with Crippen molar-refractivity contribution in [2.75, 3.05) is 69.2 Å². The summed E-state index contributed by atoms with van der Waals surface area (Å²) in [6.07, 6.45) is 0. The second-order valence-electron chi connectivity index (χ2n) is 8.89. The Hall–Kier alpha value is -3.72. The molecule has 5 rings (SSSR count). The lowest BCUT2D eigenvalue weighted by Crippen LogP contribution is -2.49. The second kappa shape index (κ2) is 9.26. The number of nitrogens with zero attached hydrogens (tertiary/aromatic N) is 6. The van der Waals surface area contributed by atoms with Crippen molar-refractivity contribution in [3.8, 4) is 0 Å². The first-order valence-corrected chi connectivity index (χ1v) is 11.6. The molecule has 0 aliphatic carbocycles. The fourth-order valence-corrected chi connectivity index (χ4v) is 4.67. The van der Waals surface area contributed by atoms with Gasteiger partial charge in [0, 0.05) is 69.4 Å². The lowest BCUT2D eigenvalue weighted by Gasteiger charge is -2.36. The van der Waals surface area contributed by atoms with Gasteiger partial charge in [0.1, 0.15) is 11.5 Å². The molecule has 0 saturated carbocycles. The van der Waals surface area contributed by atoms with Gasteiger partial charge < -0.3 is 19.6 Å². The zero-order valence-electron chi connectivity index (χ0n) is 19.3. The molecule has 0 N–H and O–H groups in total. The smallest absolute Gasteiger partial charge is 0.293 e. The quantitative estimate of drug-likeness (QED) is 0.437. The van der Waals surface area contributed by atoms with Gasteiger partial charge in [-0.05, 0) is 37.4 Å². The molecule has 1 amide bonds. The van der Waals surface area contributed by atoms with Gasteiger partial charge in [-0.1, -0.05) is 18.2 Å². The number of likely N-dealkylation sites (N-methyl/N-ethyl adjacent to an activating group) is 1. The second-order valence-corrected chi connectivity index (χ2v) is 8.89. The van der Waals surface area contributed by atoms with Crippen molar-refractivity contribution in [2.45, 2.75) is 0 Å². The largest absolute Gasteiger partial charge is 0.363 e. The fraction of sp³-hybridized carbons (Fsp3) is 0.360. The zero-order valence-corrected chi connectivity index (χ0v) is 19.3. The number of fused-ring (bicyclic) bond motifs is 1. The molecule has 0 bridgehead atoms. The predicted molar refractivity (Wildman–Crippen MR) is 133 cm³/mol. The lowest BCUT2D eigenvalue weighted by atomic mass is 10.1. The molecule has 2 aromatic carbocycles. The lowest BCUT2D eigenvalue weighted by molar-refractivity contribution is -0.384. The van der Waals surface area contributed by atoms with Crippen LogP contribution in [0.4, 0.5) is 17.2 Å². The summed E-state index contributed by atoms with van der Waals surface area (Å²) >= 11 is 0. The van der Waals surface area contributed by atoms with Crippen molar-refractivity contribution in [1.82, 2.24) is 14.8 Å². The molecule has 0 spiro atoms. The molecule has 2 fully saturated rings. The topological polar surface area (TPSA) is 86.1 Å². The number of piperazine rings is 2. The number of nitro groups is 1. The van der Waals surface area contributed by atoms with Gasteiger partial charge in [0.15, 0.2) is 0 Å². The Balaban J connectivity index is 1.28. The van der Waals surface area contributed by atoms with Crippen LogP contribution in [0.25, 0.3) is 10.9 Å². The number of hydrogen-bond donors (Lipinski definition) is 0. The van der Waals surface area contributed by atoms with Crippen LogP contribution in [0.2, 0.25) is 0 Å². The number of rotatable bonds is 4. The van der Waals surface area contributed by atoms with Gasteiger partial charge in [-0.2, -0.15) is 0 Å². The molecule has 176 valence electrons. The summed E-state index contributed by atoms with van der Waals surface area (Å²) in [5, 5.41) is 12.9. The predicted octanol–water partition coefficient (Wildman–Crippen LogP) is 2.86. The summed E-state index contributed by atoms with van der Waals surface area (Å²) < 4.78 is 0. The van der Waals surface area contributed by atoms with E-state index >= 15 is 0 Å². The molecule has 9 nitrogen and oxygen atoms in total. The SMILES string of the molecule is CN1CCN(c2ccc(C(=O)N3CCN(c4ccc5ccccc5n4)CC3)cc2[N+](=O)[O-])CC1. The van der Waals surface area contributed by atoms with E-state index in [2.05, 4.69) is 15.9 Å². The molecule has 2 saturated heterocycles. The standard InChI is InChI=1S/C25H28N6O3/c1-27-10-12-28(13-11-27)22-8-6-20(18-23(22)31(33)34)25(32)30-16-14-29(15-17-30)24-9-7-19-4-2-3-5-21(19)26-24/h2-9,18H,10-17H2,1H3. The van der Waals surface area contributed by atoms with Crippen molar-refractivity contribution >= 4 is 34.0 Å². The minimum Gasteiger partial charge on any atom is -0.363 e. The van der Waals surface area contributed by atoms with Gasteiger partial charge in [0.25, 0.3) is 11.6 Å². The molecule has 9 heteroatoms. The summed E-state index contributed by atoms with van der Waals surface area (Å²) in [7, 11) is 2.04. The minimum atomic E-state index is -0.381. The third-order valence-corrected chi connectivity index (χ3v) is 6.74. The van der Waals surface area contributed by atoms with Gasteiger partial charge in [0.2, 0.25) is 0 Å². The molecule has 34 heavy (non-hydrogen) atoms. The number of carbonyl (C=O) groups is 1. The highest BCUT2D eigenvalue weighted by atomic mass is 16.6. The monoisotopic (exact) mass is 460 g/mol. The molecule has 0 radical (unpaired) electrons. The van der Waals surface area contributed by atoms with E-state index in [1.165, 1.54) is 6.07 Å². The summed E-state index contributed by atoms with van der Waals surface area (Å²) in [5.74, 6) is 0.733. The van der Waals surface area contributed by atoms with Crippen molar-refractivity contribution in [2.24, 2.45) is 0 Å². The van der Waals surface area contributed by atoms with Crippen LogP contribution in [0.15, 0.2) is 54.6 Å². The number of carbonyl (C=O) groups excluding carboxylic acids is 1. The van der Waals surface area contributed by atoms with Gasteiger partial charge in [0.05, 0.1) is 10.4 Å². The summed E-state index contributed by atoms with van der Waals surface area (Å²) in [6.45, 7) is 5.59. The Morgan fingerprint density at radius 2 is 1.59 bits per heavy atom. The van der Waals surface area contributed by atoms with Gasteiger partial charge in [-0.25, -0.2) is 4.98 Å². The number of benzene rings is 2. The average Bonchev–Trinajstić information content (AvgIpc) is 2.88. The van der Waals surface area contributed by atoms with E-state index in [0.29, 0.717) is 37.4 Å². The molecular formula is C25H28N6O3. The number of anilines is 2. The summed E-state index contributed by atoms with van der Waals surface area (Å²) in [6, 6.07) is 17.0. The Morgan fingerprint density at radius 3 is 2.32 bits per heavy atom. The van der Waals surface area contributed by atoms with E-state index < -0.39 is 0 Å². The molecule has 2 aliphatic rings. The number of hydrogen-bond acceptors (Lipinski definition) is 7. The molecule has 0 atom stereocenters. The third kappa shape index (κ3) is 4.38. The van der Waals surface area contributed by atoms with Crippen LogP contribution in [-0.2, 0) is 0 Å². The number of para-hydroxylation sites is 1. The Bertz CT molecular complexity index is 1220. The zero-order chi connectivity index (χ0) is 23.7. The molecule has 0 unspecified atom stereocenters. The van der Waals surface area contributed by atoms with Crippen molar-refractivity contribution in [3.63, 3.8) is 0 Å². The van der Waals surface area contributed by atoms with Gasteiger partial charge in [-0.15, -0.1) is 0 Å². The van der Waals surface area contributed by atoms with Gasteiger partial charge >= 0.3 is 0 Å². The van der Waals surface area contributed by atoms with Crippen LogP contribution in [-0.4, -0.2) is 85.0 Å². The average molecular weight is 461 g/mol. The minimum absolute atomic E-state index is 0.00518. The summed E-state index contributed by atoms with van der Waals surface area (Å²) in [4.78, 5) is 37.5. The van der Waals surface area contributed by atoms with E-state index in [1.807, 2.05) is 42.3 Å². The van der Waals surface area contributed by atoms with Crippen LogP contribution in [0.1, 0.15) is 10.4 Å². The molecule has 3 heterocycles. The van der Waals surface area contributed by atoms with Crippen molar-refractivity contribution in [1.29, 1.82) is 0 Å². The Labute approximate surface area is 198 Å². The Morgan fingerprint density at radius 1 is 0.882 bits per heavy atom. The van der Waals surface area contributed by atoms with E-state index in [1.54, 1.807) is 17.0 Å². The van der Waals surface area contributed by atoms with E-state index in [-0.39, 0.29) is 16.5 Å². The maximum atomic E-state index is 13.2. The van der Waals surface area contributed by atoms with Crippen LogP contribution >= 0.6 is 0 Å². The van der Waals surface area contributed by atoms with E-state index in [0.717, 1.165) is 42.9 Å². The number of nitro benzene ring substituents is 1. The maximum Gasteiger partial charge on any atom is 0.293 e. The molecule has 2 aliphatic heterocycles. The fourth-order valence-electron chi connectivity index (χ4n) is 4.67. The van der Waals surface area contributed by atoms with Crippen LogP contribution in [0.3, 0.4) is 0 Å². The van der Waals surface area contributed by atoms with Crippen molar-refractivity contribution < 1.29 is 9.72 Å². The summed E-state index contributed by atoms with van der Waals surface area (Å²) in [5.41, 5.74) is 1.89. The number of amides is 1. The maximum absolute atomic E-state index is 13.2. The highest BCUT2D eigenvalue weighted by Crippen LogP contribution is 2.31. The van der Waals surface area contributed by atoms with Crippen LogP contribution in [0, 0.1) is 10.1 Å². The molecule has 1 aromatic heterocycles. The Kier molecular flexibility index (Phi) is 6.02. The highest BCUT2D eigenvalue weighted by Gasteiger charge is 2.27. The molecular weight excluding hydrogens is 432 g/mol. The third-order valence-electron chi connectivity index (χ3n) is 6.74. The molecule has 3 aromatic rings. The van der Waals surface area contributed by atoms with E-state index in [9.17, 15) is 14.9 Å². The normalized spacial score (nSPS) is 17.3.